The quantitative estimate of drug-likeness (QED) is 0.751. The molecule has 5 nitrogen and oxygen atoms in total. The fraction of sp³-hybridized carbons (Fsp3) is 0.714. The third-order valence-corrected chi connectivity index (χ3v) is 3.78. The minimum absolute atomic E-state index is 0.210. The molecule has 106 valence electrons. The van der Waals surface area contributed by atoms with E-state index < -0.39 is 0 Å². The van der Waals surface area contributed by atoms with Crippen molar-refractivity contribution in [3.63, 3.8) is 0 Å². The predicted molar refractivity (Wildman–Crippen MR) is 77.5 cm³/mol. The smallest absolute Gasteiger partial charge is 0.133 e. The molecule has 0 unspecified atom stereocenters. The number of anilines is 2. The second-order valence-corrected chi connectivity index (χ2v) is 5.27. The summed E-state index contributed by atoms with van der Waals surface area (Å²) in [5, 5.41) is 12.2. The van der Waals surface area contributed by atoms with Crippen molar-refractivity contribution in [1.82, 2.24) is 9.97 Å². The van der Waals surface area contributed by atoms with Gasteiger partial charge in [-0.05, 0) is 18.8 Å². The Morgan fingerprint density at radius 1 is 1.42 bits per heavy atom. The summed E-state index contributed by atoms with van der Waals surface area (Å²) in [6.45, 7) is 2.00. The van der Waals surface area contributed by atoms with Gasteiger partial charge in [0.15, 0.2) is 0 Å². The molecule has 5 heteroatoms. The van der Waals surface area contributed by atoms with Crippen molar-refractivity contribution in [2.75, 3.05) is 37.0 Å². The Labute approximate surface area is 115 Å². The van der Waals surface area contributed by atoms with Gasteiger partial charge in [0.05, 0.1) is 0 Å². The van der Waals surface area contributed by atoms with Crippen molar-refractivity contribution in [3.8, 4) is 0 Å². The Bertz CT molecular complexity index is 381. The van der Waals surface area contributed by atoms with Gasteiger partial charge in [-0.2, -0.15) is 0 Å². The lowest BCUT2D eigenvalue weighted by atomic mass is 9.83. The highest BCUT2D eigenvalue weighted by atomic mass is 16.3. The van der Waals surface area contributed by atoms with Crippen molar-refractivity contribution >= 4 is 11.6 Å². The lowest BCUT2D eigenvalue weighted by Crippen LogP contribution is -2.21. The summed E-state index contributed by atoms with van der Waals surface area (Å²) in [5.74, 6) is 2.70. The molecular formula is C14H24N4O. The zero-order valence-corrected chi connectivity index (χ0v) is 11.7. The van der Waals surface area contributed by atoms with Gasteiger partial charge in [0.1, 0.15) is 18.0 Å². The van der Waals surface area contributed by atoms with E-state index in [0.717, 1.165) is 37.1 Å². The van der Waals surface area contributed by atoms with E-state index in [1.54, 1.807) is 6.33 Å². The molecule has 1 aliphatic rings. The zero-order valence-electron chi connectivity index (χ0n) is 11.7. The van der Waals surface area contributed by atoms with Crippen LogP contribution in [0.4, 0.5) is 11.6 Å². The maximum Gasteiger partial charge on any atom is 0.133 e. The first-order chi connectivity index (χ1) is 9.29. The first kappa shape index (κ1) is 14.1. The maximum absolute atomic E-state index is 8.84. The normalized spacial score (nSPS) is 15.1. The van der Waals surface area contributed by atoms with Gasteiger partial charge in [0.25, 0.3) is 0 Å². The van der Waals surface area contributed by atoms with Crippen LogP contribution in [0.5, 0.6) is 0 Å². The Kier molecular flexibility index (Phi) is 5.39. The van der Waals surface area contributed by atoms with Crippen molar-refractivity contribution < 1.29 is 5.11 Å². The number of nitrogens with zero attached hydrogens (tertiary/aromatic N) is 3. The average molecular weight is 264 g/mol. The lowest BCUT2D eigenvalue weighted by molar-refractivity contribution is 0.290. The Morgan fingerprint density at radius 3 is 2.95 bits per heavy atom. The van der Waals surface area contributed by atoms with Crippen LogP contribution < -0.4 is 10.2 Å². The van der Waals surface area contributed by atoms with Gasteiger partial charge in [0, 0.05) is 32.8 Å². The van der Waals surface area contributed by atoms with Crippen LogP contribution >= 0.6 is 0 Å². The molecule has 0 radical (unpaired) electrons. The van der Waals surface area contributed by atoms with Crippen LogP contribution in [0.15, 0.2) is 12.4 Å². The highest BCUT2D eigenvalue weighted by molar-refractivity contribution is 5.47. The highest BCUT2D eigenvalue weighted by Gasteiger charge is 2.16. The van der Waals surface area contributed by atoms with E-state index in [-0.39, 0.29) is 6.61 Å². The molecule has 1 aliphatic carbocycles. The maximum atomic E-state index is 8.84. The number of aliphatic hydroxyl groups is 1. The molecule has 1 fully saturated rings. The van der Waals surface area contributed by atoms with Crippen LogP contribution in [0.1, 0.15) is 32.1 Å². The number of aromatic nitrogens is 2. The number of nitrogens with one attached hydrogen (secondary N) is 1. The van der Waals surface area contributed by atoms with Gasteiger partial charge in [-0.1, -0.05) is 19.3 Å². The van der Waals surface area contributed by atoms with Crippen LogP contribution in [0.25, 0.3) is 0 Å². The second-order valence-electron chi connectivity index (χ2n) is 5.27. The third kappa shape index (κ3) is 4.35. The minimum atomic E-state index is 0.210. The summed E-state index contributed by atoms with van der Waals surface area (Å²) >= 11 is 0. The van der Waals surface area contributed by atoms with Crippen LogP contribution in [0, 0.1) is 5.92 Å². The van der Waals surface area contributed by atoms with Gasteiger partial charge in [-0.3, -0.25) is 0 Å². The van der Waals surface area contributed by atoms with Crippen molar-refractivity contribution in [2.24, 2.45) is 5.92 Å². The van der Waals surface area contributed by atoms with Gasteiger partial charge < -0.3 is 15.3 Å². The van der Waals surface area contributed by atoms with Crippen LogP contribution in [0.3, 0.4) is 0 Å². The minimum Gasteiger partial charge on any atom is -0.396 e. The molecule has 0 aliphatic heterocycles. The summed E-state index contributed by atoms with van der Waals surface area (Å²) in [7, 11) is 1.98. The molecule has 0 bridgehead atoms. The molecule has 1 aromatic heterocycles. The fourth-order valence-electron chi connectivity index (χ4n) is 2.26. The van der Waals surface area contributed by atoms with Gasteiger partial charge in [-0.25, -0.2) is 9.97 Å². The van der Waals surface area contributed by atoms with Gasteiger partial charge >= 0.3 is 0 Å². The van der Waals surface area contributed by atoms with Crippen LogP contribution in [0.2, 0.25) is 0 Å². The Balaban J connectivity index is 1.79. The van der Waals surface area contributed by atoms with E-state index in [1.807, 2.05) is 18.0 Å². The number of hydrogen-bond acceptors (Lipinski definition) is 5. The summed E-state index contributed by atoms with van der Waals surface area (Å²) < 4.78 is 0. The van der Waals surface area contributed by atoms with E-state index in [1.165, 1.54) is 25.7 Å². The Hall–Kier alpha value is -1.36. The molecule has 19 heavy (non-hydrogen) atoms. The Morgan fingerprint density at radius 2 is 2.26 bits per heavy atom. The molecule has 1 saturated carbocycles. The SMILES string of the molecule is CN(CCCO)c1cc(NCCC2CCC2)ncn1. The van der Waals surface area contributed by atoms with E-state index in [4.69, 9.17) is 5.11 Å². The molecule has 1 aromatic rings. The lowest BCUT2D eigenvalue weighted by Gasteiger charge is -2.25. The first-order valence-electron chi connectivity index (χ1n) is 7.17. The van der Waals surface area contributed by atoms with E-state index >= 15 is 0 Å². The molecule has 2 N–H and O–H groups in total. The molecule has 1 heterocycles. The molecule has 2 rings (SSSR count). The van der Waals surface area contributed by atoms with Gasteiger partial charge in [0.2, 0.25) is 0 Å². The molecule has 0 atom stereocenters. The summed E-state index contributed by atoms with van der Waals surface area (Å²) in [6, 6.07) is 1.97. The van der Waals surface area contributed by atoms with E-state index in [9.17, 15) is 0 Å². The predicted octanol–water partition coefficient (Wildman–Crippen LogP) is 1.90. The standard InChI is InChI=1S/C14H24N4O/c1-18(8-3-9-19)14-10-13(16-11-17-14)15-7-6-12-4-2-5-12/h10-12,19H,2-9H2,1H3,(H,15,16,17). The first-order valence-corrected chi connectivity index (χ1v) is 7.17. The third-order valence-electron chi connectivity index (χ3n) is 3.78. The average Bonchev–Trinajstić information content (AvgIpc) is 2.39. The van der Waals surface area contributed by atoms with E-state index in [0.29, 0.717) is 0 Å². The van der Waals surface area contributed by atoms with E-state index in [2.05, 4.69) is 15.3 Å². The monoisotopic (exact) mass is 264 g/mol. The topological polar surface area (TPSA) is 61.3 Å². The van der Waals surface area contributed by atoms with Crippen LogP contribution in [-0.4, -0.2) is 41.8 Å². The second kappa shape index (κ2) is 7.28. The largest absolute Gasteiger partial charge is 0.396 e. The van der Waals surface area contributed by atoms with Crippen molar-refractivity contribution in [2.45, 2.75) is 32.1 Å². The van der Waals surface area contributed by atoms with Crippen LogP contribution in [-0.2, 0) is 0 Å². The molecule has 0 spiro atoms. The molecule has 0 aromatic carbocycles. The highest BCUT2D eigenvalue weighted by Crippen LogP contribution is 2.29. The van der Waals surface area contributed by atoms with Crippen molar-refractivity contribution in [1.29, 1.82) is 0 Å². The number of rotatable bonds is 8. The summed E-state index contributed by atoms with van der Waals surface area (Å²) in [4.78, 5) is 10.5. The molecule has 0 saturated heterocycles. The molecular weight excluding hydrogens is 240 g/mol. The number of hydrogen-bond donors (Lipinski definition) is 2. The van der Waals surface area contributed by atoms with Crippen molar-refractivity contribution in [3.05, 3.63) is 12.4 Å². The fourth-order valence-corrected chi connectivity index (χ4v) is 2.26. The molecule has 0 amide bonds. The summed E-state index contributed by atoms with van der Waals surface area (Å²) in [6.07, 6.45) is 7.76. The summed E-state index contributed by atoms with van der Waals surface area (Å²) in [5.41, 5.74) is 0. The van der Waals surface area contributed by atoms with Gasteiger partial charge in [-0.15, -0.1) is 0 Å². The number of aliphatic hydroxyl groups excluding tert-OH is 1. The zero-order chi connectivity index (χ0) is 13.5.